The molecule has 3 rings (SSSR count). The number of carbonyl (C=O) groups is 1. The van der Waals surface area contributed by atoms with E-state index in [4.69, 9.17) is 12.2 Å². The summed E-state index contributed by atoms with van der Waals surface area (Å²) in [6.07, 6.45) is 2.32. The Kier molecular flexibility index (Phi) is 5.58. The van der Waals surface area contributed by atoms with Gasteiger partial charge in [0.1, 0.15) is 5.01 Å². The molecule has 2 heterocycles. The zero-order valence-electron chi connectivity index (χ0n) is 14.9. The highest BCUT2D eigenvalue weighted by atomic mass is 32.1. The molecule has 7 nitrogen and oxygen atoms in total. The summed E-state index contributed by atoms with van der Waals surface area (Å²) in [5.41, 5.74) is 2.87. The minimum atomic E-state index is -0.0614. The van der Waals surface area contributed by atoms with E-state index in [0.29, 0.717) is 11.5 Å². The summed E-state index contributed by atoms with van der Waals surface area (Å²) >= 11 is 6.71. The van der Waals surface area contributed by atoms with Crippen molar-refractivity contribution in [2.24, 2.45) is 0 Å². The highest BCUT2D eigenvalue weighted by molar-refractivity contribution is 7.80. The molecule has 0 unspecified atom stereocenters. The van der Waals surface area contributed by atoms with E-state index in [0.717, 1.165) is 45.4 Å². The number of nitrogens with one attached hydrogen (secondary N) is 2. The average molecular weight is 389 g/mol. The Morgan fingerprint density at radius 3 is 2.81 bits per heavy atom. The molecule has 0 bridgehead atoms. The third-order valence-electron chi connectivity index (χ3n) is 3.88. The van der Waals surface area contributed by atoms with Crippen molar-refractivity contribution < 1.29 is 4.79 Å². The van der Waals surface area contributed by atoms with Gasteiger partial charge in [-0.15, -0.1) is 10.2 Å². The van der Waals surface area contributed by atoms with Crippen molar-refractivity contribution in [2.75, 3.05) is 5.32 Å². The van der Waals surface area contributed by atoms with E-state index < -0.39 is 0 Å². The minimum absolute atomic E-state index is 0.0614. The van der Waals surface area contributed by atoms with Gasteiger partial charge >= 0.3 is 0 Å². The molecule has 9 heteroatoms. The molecule has 1 amide bonds. The molecule has 0 aliphatic rings. The first-order chi connectivity index (χ1) is 12.5. The molecule has 0 aliphatic heterocycles. The van der Waals surface area contributed by atoms with Gasteiger partial charge in [-0.25, -0.2) is 0 Å². The maximum atomic E-state index is 11.8. The Morgan fingerprint density at radius 1 is 1.31 bits per heavy atom. The third-order valence-corrected chi connectivity index (χ3v) is 5.03. The molecule has 0 saturated carbocycles. The Morgan fingerprint density at radius 2 is 2.12 bits per heavy atom. The summed E-state index contributed by atoms with van der Waals surface area (Å²) in [6.45, 7) is 5.91. The highest BCUT2D eigenvalue weighted by Crippen LogP contribution is 2.28. The lowest BCUT2D eigenvalue weighted by molar-refractivity contribution is -0.119. The van der Waals surface area contributed by atoms with Crippen LogP contribution >= 0.6 is 23.6 Å². The van der Waals surface area contributed by atoms with E-state index in [-0.39, 0.29) is 5.91 Å². The molecule has 136 valence electrons. The second kappa shape index (κ2) is 7.88. The van der Waals surface area contributed by atoms with E-state index in [1.54, 1.807) is 4.52 Å². The summed E-state index contributed by atoms with van der Waals surface area (Å²) in [6, 6.07) is 5.94. The standard InChI is InChI=1S/C17H20N6OS2/c1-4-5-6-14(24)19-16(25)18-13-8-7-12(9-10(13)2)15-22-23-11(3)20-21-17(23)26-15/h7-9H,4-6H2,1-3H3,(H2,18,19,24,25). The van der Waals surface area contributed by atoms with Crippen molar-refractivity contribution >= 4 is 45.2 Å². The van der Waals surface area contributed by atoms with Crippen LogP contribution in [0, 0.1) is 13.8 Å². The number of anilines is 1. The lowest BCUT2D eigenvalue weighted by Crippen LogP contribution is -2.34. The van der Waals surface area contributed by atoms with Gasteiger partial charge in [-0.2, -0.15) is 9.61 Å². The third kappa shape index (κ3) is 4.05. The zero-order chi connectivity index (χ0) is 18.7. The quantitative estimate of drug-likeness (QED) is 0.651. The molecule has 26 heavy (non-hydrogen) atoms. The van der Waals surface area contributed by atoms with Crippen molar-refractivity contribution in [1.29, 1.82) is 0 Å². The summed E-state index contributed by atoms with van der Waals surface area (Å²) in [7, 11) is 0. The lowest BCUT2D eigenvalue weighted by atomic mass is 10.1. The topological polar surface area (TPSA) is 84.2 Å². The predicted molar refractivity (Wildman–Crippen MR) is 107 cm³/mol. The molecule has 2 N–H and O–H groups in total. The number of fused-ring (bicyclic) bond motifs is 1. The van der Waals surface area contributed by atoms with Crippen LogP contribution in [0.2, 0.25) is 0 Å². The van der Waals surface area contributed by atoms with Crippen LogP contribution in [-0.4, -0.2) is 30.8 Å². The van der Waals surface area contributed by atoms with Gasteiger partial charge in [0.2, 0.25) is 10.9 Å². The van der Waals surface area contributed by atoms with Gasteiger partial charge in [-0.1, -0.05) is 24.7 Å². The predicted octanol–water partition coefficient (Wildman–Crippen LogP) is 3.47. The first kappa shape index (κ1) is 18.4. The van der Waals surface area contributed by atoms with Crippen molar-refractivity contribution in [2.45, 2.75) is 40.0 Å². The smallest absolute Gasteiger partial charge is 0.234 e. The van der Waals surface area contributed by atoms with Gasteiger partial charge in [0.05, 0.1) is 0 Å². The maximum absolute atomic E-state index is 11.8. The molecular weight excluding hydrogens is 368 g/mol. The molecule has 0 aliphatic carbocycles. The summed E-state index contributed by atoms with van der Waals surface area (Å²) in [5, 5.41) is 19.6. The number of aromatic nitrogens is 4. The van der Waals surface area contributed by atoms with Gasteiger partial charge in [0.25, 0.3) is 0 Å². The number of aryl methyl sites for hydroxylation is 2. The number of benzene rings is 1. The SMILES string of the molecule is CCCCC(=O)NC(=S)Nc1ccc(-c2nn3c(C)nnc3s2)cc1C. The Balaban J connectivity index is 1.71. The Bertz CT molecular complexity index is 961. The van der Waals surface area contributed by atoms with Crippen molar-refractivity contribution in [3.63, 3.8) is 0 Å². The van der Waals surface area contributed by atoms with Gasteiger partial charge in [-0.3, -0.25) is 4.79 Å². The molecule has 1 aromatic carbocycles. The number of rotatable bonds is 5. The van der Waals surface area contributed by atoms with Crippen molar-refractivity contribution in [3.8, 4) is 10.6 Å². The Hall–Kier alpha value is -2.39. The number of nitrogens with zero attached hydrogens (tertiary/aromatic N) is 4. The molecule has 2 aromatic heterocycles. The van der Waals surface area contributed by atoms with Gasteiger partial charge < -0.3 is 10.6 Å². The first-order valence-electron chi connectivity index (χ1n) is 8.38. The average Bonchev–Trinajstić information content (AvgIpc) is 3.17. The maximum Gasteiger partial charge on any atom is 0.234 e. The number of carbonyl (C=O) groups excluding carboxylic acids is 1. The van der Waals surface area contributed by atoms with Crippen molar-refractivity contribution in [3.05, 3.63) is 29.6 Å². The molecule has 0 saturated heterocycles. The molecule has 3 aromatic rings. The van der Waals surface area contributed by atoms with Crippen LogP contribution in [0.3, 0.4) is 0 Å². The molecule has 0 fully saturated rings. The number of hydrogen-bond donors (Lipinski definition) is 2. The second-order valence-electron chi connectivity index (χ2n) is 5.98. The van der Waals surface area contributed by atoms with Gasteiger partial charge in [0, 0.05) is 17.7 Å². The van der Waals surface area contributed by atoms with Crippen LogP contribution in [0.5, 0.6) is 0 Å². The monoisotopic (exact) mass is 388 g/mol. The zero-order valence-corrected chi connectivity index (χ0v) is 16.5. The molecular formula is C17H20N6OS2. The lowest BCUT2D eigenvalue weighted by Gasteiger charge is -2.12. The van der Waals surface area contributed by atoms with Crippen LogP contribution in [0.4, 0.5) is 5.69 Å². The van der Waals surface area contributed by atoms with Crippen LogP contribution in [0.25, 0.3) is 15.5 Å². The minimum Gasteiger partial charge on any atom is -0.332 e. The van der Waals surface area contributed by atoms with Crippen LogP contribution in [0.1, 0.15) is 37.6 Å². The number of amides is 1. The number of unbranched alkanes of at least 4 members (excludes halogenated alkanes) is 1. The molecule has 0 radical (unpaired) electrons. The van der Waals surface area contributed by atoms with Crippen LogP contribution in [0.15, 0.2) is 18.2 Å². The molecule has 0 atom stereocenters. The summed E-state index contributed by atoms with van der Waals surface area (Å²) < 4.78 is 1.74. The van der Waals surface area contributed by atoms with Crippen LogP contribution in [-0.2, 0) is 4.79 Å². The first-order valence-corrected chi connectivity index (χ1v) is 9.61. The largest absolute Gasteiger partial charge is 0.332 e. The fourth-order valence-corrected chi connectivity index (χ4v) is 3.55. The Labute approximate surface area is 160 Å². The fraction of sp³-hybridized carbons (Fsp3) is 0.353. The van der Waals surface area contributed by atoms with E-state index in [2.05, 4.69) is 25.9 Å². The molecule has 0 spiro atoms. The fourth-order valence-electron chi connectivity index (χ4n) is 2.45. The number of hydrogen-bond acceptors (Lipinski definition) is 6. The summed E-state index contributed by atoms with van der Waals surface area (Å²) in [4.78, 5) is 12.5. The second-order valence-corrected chi connectivity index (χ2v) is 7.35. The van der Waals surface area contributed by atoms with E-state index >= 15 is 0 Å². The highest BCUT2D eigenvalue weighted by Gasteiger charge is 2.12. The van der Waals surface area contributed by atoms with Crippen LogP contribution < -0.4 is 10.6 Å². The van der Waals surface area contributed by atoms with E-state index in [1.807, 2.05) is 39.0 Å². The number of thiocarbonyl (C=S) groups is 1. The van der Waals surface area contributed by atoms with Gasteiger partial charge in [0.15, 0.2) is 10.9 Å². The van der Waals surface area contributed by atoms with Gasteiger partial charge in [-0.05, 0) is 56.2 Å². The summed E-state index contributed by atoms with van der Waals surface area (Å²) in [5.74, 6) is 0.704. The van der Waals surface area contributed by atoms with E-state index in [1.165, 1.54) is 11.3 Å². The normalized spacial score (nSPS) is 10.9. The van der Waals surface area contributed by atoms with E-state index in [9.17, 15) is 4.79 Å². The van der Waals surface area contributed by atoms with Crippen molar-refractivity contribution in [1.82, 2.24) is 25.1 Å².